The van der Waals surface area contributed by atoms with Gasteiger partial charge in [-0.2, -0.15) is 0 Å². The molecule has 2 nitrogen and oxygen atoms in total. The summed E-state index contributed by atoms with van der Waals surface area (Å²) in [7, 11) is 0. The number of aryl methyl sites for hydroxylation is 1. The highest BCUT2D eigenvalue weighted by Crippen LogP contribution is 2.31. The first-order chi connectivity index (χ1) is 9.26. The molecule has 0 spiro atoms. The average Bonchev–Trinajstić information content (AvgIpc) is 2.79. The molecule has 1 unspecified atom stereocenters. The van der Waals surface area contributed by atoms with Crippen molar-refractivity contribution >= 4 is 21.8 Å². The lowest BCUT2D eigenvalue weighted by Crippen LogP contribution is -2.08. The van der Waals surface area contributed by atoms with Crippen molar-refractivity contribution in [3.63, 3.8) is 0 Å². The van der Waals surface area contributed by atoms with Gasteiger partial charge in [-0.25, -0.2) is 0 Å². The van der Waals surface area contributed by atoms with Crippen molar-refractivity contribution in [2.24, 2.45) is 5.73 Å². The van der Waals surface area contributed by atoms with Crippen molar-refractivity contribution < 1.29 is 0 Å². The van der Waals surface area contributed by atoms with Crippen LogP contribution < -0.4 is 5.73 Å². The summed E-state index contributed by atoms with van der Waals surface area (Å²) in [5.41, 5.74) is 9.75. The van der Waals surface area contributed by atoms with Gasteiger partial charge < -0.3 is 10.3 Å². The van der Waals surface area contributed by atoms with Gasteiger partial charge in [-0.1, -0.05) is 31.2 Å². The minimum absolute atomic E-state index is 0.410. The van der Waals surface area contributed by atoms with Gasteiger partial charge in [-0.3, -0.25) is 0 Å². The number of fused-ring (bicyclic) bond motifs is 3. The van der Waals surface area contributed by atoms with Crippen LogP contribution in [0.3, 0.4) is 0 Å². The Bertz CT molecular complexity index is 725. The molecule has 98 valence electrons. The molecule has 1 aromatic heterocycles. The van der Waals surface area contributed by atoms with E-state index >= 15 is 0 Å². The van der Waals surface area contributed by atoms with Crippen LogP contribution in [0.15, 0.2) is 42.5 Å². The Morgan fingerprint density at radius 2 is 1.79 bits per heavy atom. The topological polar surface area (TPSA) is 30.9 Å². The maximum absolute atomic E-state index is 5.79. The number of hydrogen-bond donors (Lipinski definition) is 1. The number of hydrogen-bond acceptors (Lipinski definition) is 1. The zero-order valence-corrected chi connectivity index (χ0v) is 11.6. The summed E-state index contributed by atoms with van der Waals surface area (Å²) in [6, 6.07) is 15.4. The van der Waals surface area contributed by atoms with Crippen LogP contribution in [0.2, 0.25) is 0 Å². The summed E-state index contributed by atoms with van der Waals surface area (Å²) < 4.78 is 2.38. The Hall–Kier alpha value is -1.80. The van der Waals surface area contributed by atoms with Crippen LogP contribution in [0.5, 0.6) is 0 Å². The summed E-state index contributed by atoms with van der Waals surface area (Å²) >= 11 is 0. The molecule has 1 heterocycles. The van der Waals surface area contributed by atoms with E-state index in [-0.39, 0.29) is 0 Å². The quantitative estimate of drug-likeness (QED) is 0.753. The van der Waals surface area contributed by atoms with E-state index in [1.165, 1.54) is 27.4 Å². The number of aromatic nitrogens is 1. The van der Waals surface area contributed by atoms with Crippen LogP contribution in [0.4, 0.5) is 0 Å². The number of benzene rings is 2. The van der Waals surface area contributed by atoms with Crippen LogP contribution in [-0.4, -0.2) is 11.1 Å². The van der Waals surface area contributed by atoms with Crippen molar-refractivity contribution in [3.05, 3.63) is 48.0 Å². The van der Waals surface area contributed by atoms with Gasteiger partial charge in [0.25, 0.3) is 0 Å². The van der Waals surface area contributed by atoms with Crippen molar-refractivity contribution in [2.45, 2.75) is 26.3 Å². The molecule has 19 heavy (non-hydrogen) atoms. The molecule has 2 aromatic carbocycles. The second-order valence-electron chi connectivity index (χ2n) is 5.17. The van der Waals surface area contributed by atoms with Gasteiger partial charge in [0.2, 0.25) is 0 Å². The fraction of sp³-hybridized carbons (Fsp3) is 0.294. The van der Waals surface area contributed by atoms with E-state index in [1.807, 2.05) is 0 Å². The fourth-order valence-electron chi connectivity index (χ4n) is 2.85. The van der Waals surface area contributed by atoms with Crippen molar-refractivity contribution in [1.82, 2.24) is 4.57 Å². The molecule has 0 fully saturated rings. The van der Waals surface area contributed by atoms with Crippen molar-refractivity contribution in [3.8, 4) is 0 Å². The second kappa shape index (κ2) is 4.71. The van der Waals surface area contributed by atoms with E-state index in [0.29, 0.717) is 12.5 Å². The number of rotatable bonds is 3. The maximum Gasteiger partial charge on any atom is 0.0491 e. The zero-order valence-electron chi connectivity index (χ0n) is 11.6. The highest BCUT2D eigenvalue weighted by atomic mass is 15.0. The van der Waals surface area contributed by atoms with E-state index in [2.05, 4.69) is 60.9 Å². The highest BCUT2D eigenvalue weighted by molar-refractivity contribution is 6.08. The van der Waals surface area contributed by atoms with Gasteiger partial charge in [0.05, 0.1) is 0 Å². The molecule has 2 heteroatoms. The summed E-state index contributed by atoms with van der Waals surface area (Å²) in [5, 5.41) is 2.68. The van der Waals surface area contributed by atoms with Crippen LogP contribution in [-0.2, 0) is 6.54 Å². The first kappa shape index (κ1) is 12.2. The van der Waals surface area contributed by atoms with Crippen LogP contribution in [0.1, 0.15) is 25.3 Å². The number of para-hydroxylation sites is 1. The Balaban J connectivity index is 2.36. The predicted molar refractivity (Wildman–Crippen MR) is 82.6 cm³/mol. The van der Waals surface area contributed by atoms with Crippen LogP contribution >= 0.6 is 0 Å². The highest BCUT2D eigenvalue weighted by Gasteiger charge is 2.11. The fourth-order valence-corrected chi connectivity index (χ4v) is 2.85. The van der Waals surface area contributed by atoms with Gasteiger partial charge in [-0.05, 0) is 43.1 Å². The van der Waals surface area contributed by atoms with Gasteiger partial charge in [0, 0.05) is 28.4 Å². The van der Waals surface area contributed by atoms with Gasteiger partial charge in [-0.15, -0.1) is 0 Å². The SMILES string of the molecule is CCn1c2ccccc2c2cc(C(C)CN)ccc21. The van der Waals surface area contributed by atoms with E-state index in [4.69, 9.17) is 5.73 Å². The van der Waals surface area contributed by atoms with E-state index in [9.17, 15) is 0 Å². The molecule has 0 bridgehead atoms. The monoisotopic (exact) mass is 252 g/mol. The molecule has 1 atom stereocenters. The lowest BCUT2D eigenvalue weighted by atomic mass is 9.99. The Morgan fingerprint density at radius 1 is 1.05 bits per heavy atom. The summed E-state index contributed by atoms with van der Waals surface area (Å²) in [6.07, 6.45) is 0. The standard InChI is InChI=1S/C17H20N2/c1-3-19-16-7-5-4-6-14(16)15-10-13(12(2)11-18)8-9-17(15)19/h4-10,12H,3,11,18H2,1-2H3. The molecule has 0 aliphatic heterocycles. The molecular formula is C17H20N2. The normalized spacial score (nSPS) is 13.2. The third kappa shape index (κ3) is 1.83. The predicted octanol–water partition coefficient (Wildman–Crippen LogP) is 3.88. The van der Waals surface area contributed by atoms with E-state index < -0.39 is 0 Å². The molecule has 3 aromatic rings. The summed E-state index contributed by atoms with van der Waals surface area (Å²) in [4.78, 5) is 0. The third-order valence-electron chi connectivity index (χ3n) is 4.04. The summed E-state index contributed by atoms with van der Waals surface area (Å²) in [6.45, 7) is 6.07. The van der Waals surface area contributed by atoms with Gasteiger partial charge in [0.15, 0.2) is 0 Å². The molecule has 0 saturated carbocycles. The number of nitrogens with two attached hydrogens (primary N) is 1. The molecule has 2 N–H and O–H groups in total. The second-order valence-corrected chi connectivity index (χ2v) is 5.17. The average molecular weight is 252 g/mol. The molecule has 0 saturated heterocycles. The summed E-state index contributed by atoms with van der Waals surface area (Å²) in [5.74, 6) is 0.410. The van der Waals surface area contributed by atoms with Crippen LogP contribution in [0, 0.1) is 0 Å². The minimum Gasteiger partial charge on any atom is -0.341 e. The molecule has 0 aliphatic rings. The Kier molecular flexibility index (Phi) is 3.03. The van der Waals surface area contributed by atoms with E-state index in [0.717, 1.165) is 6.54 Å². The maximum atomic E-state index is 5.79. The van der Waals surface area contributed by atoms with Gasteiger partial charge >= 0.3 is 0 Å². The largest absolute Gasteiger partial charge is 0.341 e. The smallest absolute Gasteiger partial charge is 0.0491 e. The van der Waals surface area contributed by atoms with Crippen molar-refractivity contribution in [2.75, 3.05) is 6.54 Å². The first-order valence-electron chi connectivity index (χ1n) is 6.97. The minimum atomic E-state index is 0.410. The molecule has 0 amide bonds. The van der Waals surface area contributed by atoms with Crippen molar-refractivity contribution in [1.29, 1.82) is 0 Å². The molecule has 0 radical (unpaired) electrons. The molecular weight excluding hydrogens is 232 g/mol. The molecule has 0 aliphatic carbocycles. The molecule has 3 rings (SSSR count). The Morgan fingerprint density at radius 3 is 2.53 bits per heavy atom. The number of nitrogens with zero attached hydrogens (tertiary/aromatic N) is 1. The van der Waals surface area contributed by atoms with E-state index in [1.54, 1.807) is 0 Å². The third-order valence-corrected chi connectivity index (χ3v) is 4.04. The zero-order chi connectivity index (χ0) is 13.4. The van der Waals surface area contributed by atoms with Gasteiger partial charge in [0.1, 0.15) is 0 Å². The first-order valence-corrected chi connectivity index (χ1v) is 6.97. The lowest BCUT2D eigenvalue weighted by molar-refractivity contribution is 0.774. The lowest BCUT2D eigenvalue weighted by Gasteiger charge is -2.09. The Labute approximate surface area is 113 Å². The van der Waals surface area contributed by atoms with Crippen LogP contribution in [0.25, 0.3) is 21.8 Å².